The normalized spacial score (nSPS) is 11.1. The van der Waals surface area contributed by atoms with E-state index in [1.54, 1.807) is 16.7 Å². The van der Waals surface area contributed by atoms with E-state index in [-0.39, 0.29) is 5.91 Å². The van der Waals surface area contributed by atoms with Crippen LogP contribution in [0.5, 0.6) is 0 Å². The molecule has 20 heavy (non-hydrogen) atoms. The van der Waals surface area contributed by atoms with Gasteiger partial charge in [0.25, 0.3) is 0 Å². The van der Waals surface area contributed by atoms with Crippen molar-refractivity contribution in [3.8, 4) is 0 Å². The number of aromatic amines is 1. The Kier molecular flexibility index (Phi) is 2.82. The maximum Gasteiger partial charge on any atom is 0.237 e. The Bertz CT molecular complexity index is 797. The van der Waals surface area contributed by atoms with E-state index in [4.69, 9.17) is 5.73 Å². The summed E-state index contributed by atoms with van der Waals surface area (Å²) in [7, 11) is 0. The van der Waals surface area contributed by atoms with Gasteiger partial charge in [0.2, 0.25) is 5.91 Å². The SMILES string of the molecule is Cc1cc(CC(=O)n2c(C)nc3cc(N)ccc32)c[nH]1. The molecule has 0 atom stereocenters. The van der Waals surface area contributed by atoms with Crippen molar-refractivity contribution in [1.82, 2.24) is 14.5 Å². The number of carbonyl (C=O) groups excluding carboxylic acids is 1. The van der Waals surface area contributed by atoms with Crippen molar-refractivity contribution in [2.45, 2.75) is 20.3 Å². The summed E-state index contributed by atoms with van der Waals surface area (Å²) in [5.74, 6) is 0.691. The zero-order valence-corrected chi connectivity index (χ0v) is 11.5. The molecule has 0 unspecified atom stereocenters. The summed E-state index contributed by atoms with van der Waals surface area (Å²) in [6.45, 7) is 3.80. The largest absolute Gasteiger partial charge is 0.399 e. The van der Waals surface area contributed by atoms with Gasteiger partial charge in [-0.1, -0.05) is 0 Å². The minimum absolute atomic E-state index is 0.00812. The fraction of sp³-hybridized carbons (Fsp3) is 0.200. The van der Waals surface area contributed by atoms with Gasteiger partial charge in [-0.05, 0) is 43.7 Å². The molecule has 3 aromatic rings. The lowest BCUT2D eigenvalue weighted by Gasteiger charge is -2.04. The summed E-state index contributed by atoms with van der Waals surface area (Å²) < 4.78 is 1.65. The van der Waals surface area contributed by atoms with Crippen molar-refractivity contribution in [1.29, 1.82) is 0 Å². The highest BCUT2D eigenvalue weighted by Gasteiger charge is 2.15. The van der Waals surface area contributed by atoms with Crippen molar-refractivity contribution < 1.29 is 4.79 Å². The van der Waals surface area contributed by atoms with Crippen molar-refractivity contribution in [3.05, 3.63) is 47.5 Å². The molecule has 3 N–H and O–H groups in total. The number of benzene rings is 1. The molecule has 0 bridgehead atoms. The quantitative estimate of drug-likeness (QED) is 0.701. The Morgan fingerprint density at radius 3 is 2.85 bits per heavy atom. The first-order chi connectivity index (χ1) is 9.54. The smallest absolute Gasteiger partial charge is 0.237 e. The second kappa shape index (κ2) is 4.52. The molecule has 5 nitrogen and oxygen atoms in total. The summed E-state index contributed by atoms with van der Waals surface area (Å²) >= 11 is 0. The first kappa shape index (κ1) is 12.5. The van der Waals surface area contributed by atoms with Gasteiger partial charge in [0.1, 0.15) is 5.82 Å². The number of rotatable bonds is 2. The highest BCUT2D eigenvalue weighted by molar-refractivity contribution is 5.93. The molecular weight excluding hydrogens is 252 g/mol. The van der Waals surface area contributed by atoms with Crippen LogP contribution in [0.1, 0.15) is 21.9 Å². The zero-order chi connectivity index (χ0) is 14.3. The number of H-pyrrole nitrogens is 1. The number of aromatic nitrogens is 3. The van der Waals surface area contributed by atoms with E-state index in [0.29, 0.717) is 17.9 Å². The second-order valence-electron chi connectivity index (χ2n) is 5.00. The molecule has 0 fully saturated rings. The average Bonchev–Trinajstić information content (AvgIpc) is 2.91. The fourth-order valence-electron chi connectivity index (χ4n) is 2.46. The van der Waals surface area contributed by atoms with Gasteiger partial charge in [0.05, 0.1) is 17.5 Å². The van der Waals surface area contributed by atoms with E-state index in [9.17, 15) is 4.79 Å². The van der Waals surface area contributed by atoms with Gasteiger partial charge < -0.3 is 10.7 Å². The molecule has 0 saturated carbocycles. The number of hydrogen-bond acceptors (Lipinski definition) is 3. The van der Waals surface area contributed by atoms with Crippen molar-refractivity contribution in [2.75, 3.05) is 5.73 Å². The molecule has 2 heterocycles. The van der Waals surface area contributed by atoms with Crippen molar-refractivity contribution in [3.63, 3.8) is 0 Å². The monoisotopic (exact) mass is 268 g/mol. The van der Waals surface area contributed by atoms with Crippen LogP contribution in [0.4, 0.5) is 5.69 Å². The molecule has 1 aromatic carbocycles. The number of fused-ring (bicyclic) bond motifs is 1. The molecule has 0 saturated heterocycles. The number of hydrogen-bond donors (Lipinski definition) is 2. The standard InChI is InChI=1S/C15H16N4O/c1-9-5-11(8-17-9)6-15(20)19-10(2)18-13-7-12(16)3-4-14(13)19/h3-5,7-8,17H,6,16H2,1-2H3. The van der Waals surface area contributed by atoms with E-state index in [2.05, 4.69) is 9.97 Å². The van der Waals surface area contributed by atoms with E-state index in [0.717, 1.165) is 22.3 Å². The molecule has 2 aromatic heterocycles. The van der Waals surface area contributed by atoms with Crippen molar-refractivity contribution >= 4 is 22.6 Å². The van der Waals surface area contributed by atoms with Crippen LogP contribution >= 0.6 is 0 Å². The highest BCUT2D eigenvalue weighted by atomic mass is 16.2. The third kappa shape index (κ3) is 2.07. The van der Waals surface area contributed by atoms with E-state index in [1.165, 1.54) is 0 Å². The molecular formula is C15H16N4O. The molecule has 3 rings (SSSR count). The minimum Gasteiger partial charge on any atom is -0.399 e. The Labute approximate surface area is 116 Å². The van der Waals surface area contributed by atoms with Gasteiger partial charge in [-0.25, -0.2) is 4.98 Å². The Morgan fingerprint density at radius 1 is 1.35 bits per heavy atom. The number of nitrogens with one attached hydrogen (secondary N) is 1. The fourth-order valence-corrected chi connectivity index (χ4v) is 2.46. The topological polar surface area (TPSA) is 76.7 Å². The van der Waals surface area contributed by atoms with Gasteiger partial charge in [0.15, 0.2) is 0 Å². The number of imidazole rings is 1. The maximum absolute atomic E-state index is 12.5. The number of carbonyl (C=O) groups is 1. The van der Waals surface area contributed by atoms with Crippen LogP contribution in [0.15, 0.2) is 30.5 Å². The van der Waals surface area contributed by atoms with Crippen LogP contribution in [-0.2, 0) is 6.42 Å². The van der Waals surface area contributed by atoms with Crippen LogP contribution in [0.2, 0.25) is 0 Å². The number of anilines is 1. The highest BCUT2D eigenvalue weighted by Crippen LogP contribution is 2.19. The molecule has 0 amide bonds. The predicted octanol–water partition coefficient (Wildman–Crippen LogP) is 2.45. The van der Waals surface area contributed by atoms with Gasteiger partial charge in [0, 0.05) is 17.6 Å². The summed E-state index contributed by atoms with van der Waals surface area (Å²) in [6, 6.07) is 7.38. The Balaban J connectivity index is 2.01. The third-order valence-electron chi connectivity index (χ3n) is 3.34. The molecule has 0 aliphatic carbocycles. The average molecular weight is 268 g/mol. The molecule has 0 aliphatic heterocycles. The summed E-state index contributed by atoms with van der Waals surface area (Å²) in [4.78, 5) is 20.0. The summed E-state index contributed by atoms with van der Waals surface area (Å²) in [5, 5.41) is 0. The molecule has 5 heteroatoms. The summed E-state index contributed by atoms with van der Waals surface area (Å²) in [5.41, 5.74) is 9.97. The van der Waals surface area contributed by atoms with Crippen LogP contribution in [0.25, 0.3) is 11.0 Å². The molecule has 0 radical (unpaired) electrons. The van der Waals surface area contributed by atoms with Crippen LogP contribution in [0.3, 0.4) is 0 Å². The second-order valence-corrected chi connectivity index (χ2v) is 5.00. The lowest BCUT2D eigenvalue weighted by atomic mass is 10.2. The van der Waals surface area contributed by atoms with Gasteiger partial charge in [-0.2, -0.15) is 0 Å². The zero-order valence-electron chi connectivity index (χ0n) is 11.5. The third-order valence-corrected chi connectivity index (χ3v) is 3.34. The van der Waals surface area contributed by atoms with Gasteiger partial charge in [-0.3, -0.25) is 9.36 Å². The van der Waals surface area contributed by atoms with Crippen LogP contribution in [0, 0.1) is 13.8 Å². The minimum atomic E-state index is 0.00812. The van der Waals surface area contributed by atoms with Gasteiger partial charge >= 0.3 is 0 Å². The van der Waals surface area contributed by atoms with E-state index in [1.807, 2.05) is 32.2 Å². The number of aryl methyl sites for hydroxylation is 2. The number of nitrogens with two attached hydrogens (primary N) is 1. The maximum atomic E-state index is 12.5. The first-order valence-electron chi connectivity index (χ1n) is 6.46. The Hall–Kier alpha value is -2.56. The molecule has 0 aliphatic rings. The number of nitrogen functional groups attached to an aromatic ring is 1. The first-order valence-corrected chi connectivity index (χ1v) is 6.46. The van der Waals surface area contributed by atoms with E-state index >= 15 is 0 Å². The lowest BCUT2D eigenvalue weighted by molar-refractivity contribution is 0.0916. The van der Waals surface area contributed by atoms with Gasteiger partial charge in [-0.15, -0.1) is 0 Å². The summed E-state index contributed by atoms with van der Waals surface area (Å²) in [6.07, 6.45) is 2.21. The van der Waals surface area contributed by atoms with Crippen molar-refractivity contribution in [2.24, 2.45) is 0 Å². The van der Waals surface area contributed by atoms with Crippen LogP contribution in [-0.4, -0.2) is 20.4 Å². The number of nitrogens with zero attached hydrogens (tertiary/aromatic N) is 2. The molecule has 0 spiro atoms. The van der Waals surface area contributed by atoms with E-state index < -0.39 is 0 Å². The Morgan fingerprint density at radius 2 is 2.15 bits per heavy atom. The molecule has 102 valence electrons. The lowest BCUT2D eigenvalue weighted by Crippen LogP contribution is -2.14. The predicted molar refractivity (Wildman–Crippen MR) is 78.7 cm³/mol. The van der Waals surface area contributed by atoms with Crippen LogP contribution < -0.4 is 5.73 Å².